The van der Waals surface area contributed by atoms with Gasteiger partial charge in [0.05, 0.1) is 22.4 Å². The van der Waals surface area contributed by atoms with E-state index in [0.29, 0.717) is 25.1 Å². The van der Waals surface area contributed by atoms with Crippen LogP contribution in [0.15, 0.2) is 24.3 Å². The number of ketones is 1. The number of nitrogens with zero attached hydrogens (tertiary/aromatic N) is 1. The molecule has 0 atom stereocenters. The molecule has 0 bridgehead atoms. The number of anilines is 1. The Morgan fingerprint density at radius 2 is 1.72 bits per heavy atom. The van der Waals surface area contributed by atoms with Gasteiger partial charge in [0.25, 0.3) is 0 Å². The van der Waals surface area contributed by atoms with Crippen LogP contribution in [0.3, 0.4) is 0 Å². The summed E-state index contributed by atoms with van der Waals surface area (Å²) < 4.78 is 49.7. The highest BCUT2D eigenvalue weighted by Crippen LogP contribution is 2.32. The molecular weight excluding hydrogens is 410 g/mol. The number of benzene rings is 1. The van der Waals surface area contributed by atoms with E-state index in [4.69, 9.17) is 0 Å². The SMILES string of the molecule is CC(C)S(=O)(=O)CC1CCC(C(=O)Cc2ccc(N3CCCS3(=O)=O)cc2)CC1. The first-order valence-electron chi connectivity index (χ1n) is 10.4. The van der Waals surface area contributed by atoms with E-state index in [2.05, 4.69) is 0 Å². The molecule has 29 heavy (non-hydrogen) atoms. The number of rotatable bonds is 7. The van der Waals surface area contributed by atoms with Crippen LogP contribution in [0.4, 0.5) is 5.69 Å². The average Bonchev–Trinajstić information content (AvgIpc) is 3.01. The molecule has 1 saturated heterocycles. The summed E-state index contributed by atoms with van der Waals surface area (Å²) in [5, 5.41) is -0.347. The maximum atomic E-state index is 12.7. The minimum Gasteiger partial charge on any atom is -0.299 e. The van der Waals surface area contributed by atoms with Gasteiger partial charge in [-0.1, -0.05) is 12.1 Å². The van der Waals surface area contributed by atoms with Crippen molar-refractivity contribution in [2.75, 3.05) is 22.4 Å². The molecule has 0 spiro atoms. The van der Waals surface area contributed by atoms with Crippen molar-refractivity contribution < 1.29 is 21.6 Å². The van der Waals surface area contributed by atoms with Gasteiger partial charge < -0.3 is 0 Å². The average molecular weight is 442 g/mol. The van der Waals surface area contributed by atoms with E-state index >= 15 is 0 Å². The molecule has 6 nitrogen and oxygen atoms in total. The third-order valence-corrected chi connectivity index (χ3v) is 10.4. The van der Waals surface area contributed by atoms with Gasteiger partial charge in [0, 0.05) is 18.9 Å². The lowest BCUT2D eigenvalue weighted by Crippen LogP contribution is -2.29. The van der Waals surface area contributed by atoms with E-state index in [0.717, 1.165) is 31.2 Å². The molecule has 3 rings (SSSR count). The summed E-state index contributed by atoms with van der Waals surface area (Å²) in [6.45, 7) is 3.94. The topological polar surface area (TPSA) is 88.6 Å². The maximum Gasteiger partial charge on any atom is 0.235 e. The summed E-state index contributed by atoms with van der Waals surface area (Å²) in [5.74, 6) is 0.761. The predicted molar refractivity (Wildman–Crippen MR) is 115 cm³/mol. The third-order valence-electron chi connectivity index (χ3n) is 6.19. The van der Waals surface area contributed by atoms with Crippen LogP contribution in [-0.4, -0.2) is 45.9 Å². The monoisotopic (exact) mass is 441 g/mol. The molecule has 1 aromatic carbocycles. The van der Waals surface area contributed by atoms with E-state index in [1.807, 2.05) is 12.1 Å². The van der Waals surface area contributed by atoms with Crippen molar-refractivity contribution >= 4 is 31.3 Å². The predicted octanol–water partition coefficient (Wildman–Crippen LogP) is 2.97. The van der Waals surface area contributed by atoms with Gasteiger partial charge in [-0.2, -0.15) is 0 Å². The van der Waals surface area contributed by atoms with Gasteiger partial charge in [0.1, 0.15) is 5.78 Å². The van der Waals surface area contributed by atoms with E-state index in [9.17, 15) is 21.6 Å². The van der Waals surface area contributed by atoms with Crippen molar-refractivity contribution in [2.24, 2.45) is 11.8 Å². The van der Waals surface area contributed by atoms with E-state index in [-0.39, 0.29) is 34.4 Å². The zero-order valence-corrected chi connectivity index (χ0v) is 18.8. The molecule has 1 saturated carbocycles. The highest BCUT2D eigenvalue weighted by Gasteiger charge is 2.30. The van der Waals surface area contributed by atoms with Gasteiger partial charge in [-0.15, -0.1) is 0 Å². The van der Waals surface area contributed by atoms with Crippen molar-refractivity contribution in [3.8, 4) is 0 Å². The quantitative estimate of drug-likeness (QED) is 0.649. The summed E-state index contributed by atoms with van der Waals surface area (Å²) in [6.07, 6.45) is 4.06. The van der Waals surface area contributed by atoms with Crippen LogP contribution in [0.1, 0.15) is 51.5 Å². The van der Waals surface area contributed by atoms with Gasteiger partial charge in [0.2, 0.25) is 10.0 Å². The summed E-state index contributed by atoms with van der Waals surface area (Å²) in [6, 6.07) is 7.22. The number of Topliss-reactive ketones (excluding diaryl/α,β-unsaturated/α-hetero) is 1. The van der Waals surface area contributed by atoms with Crippen LogP contribution < -0.4 is 4.31 Å². The van der Waals surface area contributed by atoms with E-state index in [1.165, 1.54) is 4.31 Å². The second-order valence-electron chi connectivity index (χ2n) is 8.65. The number of hydrogen-bond acceptors (Lipinski definition) is 5. The zero-order valence-electron chi connectivity index (χ0n) is 17.2. The molecule has 2 aliphatic rings. The fraction of sp³-hybridized carbons (Fsp3) is 0.667. The lowest BCUT2D eigenvalue weighted by molar-refractivity contribution is -0.123. The molecule has 2 fully saturated rings. The zero-order chi connectivity index (χ0) is 21.2. The van der Waals surface area contributed by atoms with E-state index in [1.54, 1.807) is 26.0 Å². The summed E-state index contributed by atoms with van der Waals surface area (Å²) >= 11 is 0. The Hall–Kier alpha value is -1.41. The molecule has 1 aliphatic carbocycles. The van der Waals surface area contributed by atoms with Gasteiger partial charge in [-0.25, -0.2) is 16.8 Å². The maximum absolute atomic E-state index is 12.7. The Labute approximate surface area is 174 Å². The second-order valence-corrected chi connectivity index (χ2v) is 13.3. The van der Waals surface area contributed by atoms with Gasteiger partial charge in [-0.3, -0.25) is 9.10 Å². The first-order valence-corrected chi connectivity index (χ1v) is 13.7. The normalized spacial score (nSPS) is 24.7. The number of carbonyl (C=O) groups excluding carboxylic acids is 1. The largest absolute Gasteiger partial charge is 0.299 e. The number of carbonyl (C=O) groups is 1. The molecule has 1 aromatic rings. The van der Waals surface area contributed by atoms with Crippen LogP contribution >= 0.6 is 0 Å². The summed E-state index contributed by atoms with van der Waals surface area (Å²) in [5.41, 5.74) is 1.55. The van der Waals surface area contributed by atoms with Crippen molar-refractivity contribution in [3.63, 3.8) is 0 Å². The Bertz CT molecular complexity index is 928. The standard InChI is InChI=1S/C21H31NO5S2/c1-16(2)28(24,25)15-18-4-8-19(9-5-18)21(23)14-17-6-10-20(11-7-17)22-12-3-13-29(22,26)27/h6-7,10-11,16,18-19H,3-5,8-9,12-15H2,1-2H3. The summed E-state index contributed by atoms with van der Waals surface area (Å²) in [4.78, 5) is 12.7. The molecule has 1 aliphatic heterocycles. The fourth-order valence-electron chi connectivity index (χ4n) is 4.23. The second kappa shape index (κ2) is 8.76. The van der Waals surface area contributed by atoms with Crippen LogP contribution in [0.2, 0.25) is 0 Å². The van der Waals surface area contributed by atoms with E-state index < -0.39 is 19.9 Å². The smallest absolute Gasteiger partial charge is 0.235 e. The minimum absolute atomic E-state index is 0.00774. The Balaban J connectivity index is 1.52. The number of hydrogen-bond donors (Lipinski definition) is 0. The Kier molecular flexibility index (Phi) is 6.73. The number of sulfone groups is 1. The number of sulfonamides is 1. The van der Waals surface area contributed by atoms with Crippen LogP contribution in [0, 0.1) is 11.8 Å². The van der Waals surface area contributed by atoms with Crippen LogP contribution in [-0.2, 0) is 31.1 Å². The lowest BCUT2D eigenvalue weighted by atomic mass is 9.79. The summed E-state index contributed by atoms with van der Waals surface area (Å²) in [7, 11) is -6.23. The van der Waals surface area contributed by atoms with Crippen molar-refractivity contribution in [3.05, 3.63) is 29.8 Å². The molecule has 0 unspecified atom stereocenters. The fourth-order valence-corrected chi connectivity index (χ4v) is 7.17. The molecule has 162 valence electrons. The molecule has 1 heterocycles. The van der Waals surface area contributed by atoms with Crippen LogP contribution in [0.5, 0.6) is 0 Å². The van der Waals surface area contributed by atoms with Gasteiger partial charge in [0.15, 0.2) is 9.84 Å². The molecule has 8 heteroatoms. The molecule has 0 N–H and O–H groups in total. The first-order chi connectivity index (χ1) is 13.6. The van der Waals surface area contributed by atoms with Crippen molar-refractivity contribution in [2.45, 2.75) is 57.6 Å². The lowest BCUT2D eigenvalue weighted by Gasteiger charge is -2.28. The van der Waals surface area contributed by atoms with Gasteiger partial charge >= 0.3 is 0 Å². The van der Waals surface area contributed by atoms with Crippen LogP contribution in [0.25, 0.3) is 0 Å². The highest BCUT2D eigenvalue weighted by atomic mass is 32.2. The van der Waals surface area contributed by atoms with Crippen molar-refractivity contribution in [1.82, 2.24) is 0 Å². The Morgan fingerprint density at radius 3 is 2.24 bits per heavy atom. The van der Waals surface area contributed by atoms with Crippen molar-refractivity contribution in [1.29, 1.82) is 0 Å². The third kappa shape index (κ3) is 5.40. The van der Waals surface area contributed by atoms with Gasteiger partial charge in [-0.05, 0) is 69.6 Å². The molecule has 0 radical (unpaired) electrons. The highest BCUT2D eigenvalue weighted by molar-refractivity contribution is 7.93. The Morgan fingerprint density at radius 1 is 1.10 bits per heavy atom. The molecular formula is C21H31NO5S2. The molecule has 0 aromatic heterocycles. The molecule has 0 amide bonds. The minimum atomic E-state index is -3.19. The first kappa shape index (κ1) is 22.3.